The van der Waals surface area contributed by atoms with Crippen molar-refractivity contribution in [1.82, 2.24) is 4.98 Å². The quantitative estimate of drug-likeness (QED) is 0.623. The van der Waals surface area contributed by atoms with E-state index < -0.39 is 0 Å². The van der Waals surface area contributed by atoms with Gasteiger partial charge in [0, 0.05) is 25.0 Å². The van der Waals surface area contributed by atoms with Gasteiger partial charge in [0.05, 0.1) is 6.10 Å². The Morgan fingerprint density at radius 2 is 2.24 bits per heavy atom. The van der Waals surface area contributed by atoms with Gasteiger partial charge in [-0.3, -0.25) is 0 Å². The number of rotatable bonds is 6. The Morgan fingerprint density at radius 1 is 1.41 bits per heavy atom. The van der Waals surface area contributed by atoms with E-state index in [1.807, 2.05) is 12.1 Å². The molecule has 17 heavy (non-hydrogen) atoms. The summed E-state index contributed by atoms with van der Waals surface area (Å²) in [5.74, 6) is 0. The third kappa shape index (κ3) is 4.52. The molecule has 0 bridgehead atoms. The van der Waals surface area contributed by atoms with Crippen molar-refractivity contribution in [2.24, 2.45) is 0 Å². The fourth-order valence-corrected chi connectivity index (χ4v) is 2.30. The van der Waals surface area contributed by atoms with Crippen LogP contribution in [0.1, 0.15) is 32.1 Å². The highest BCUT2D eigenvalue weighted by Crippen LogP contribution is 2.20. The van der Waals surface area contributed by atoms with Crippen molar-refractivity contribution in [1.29, 1.82) is 0 Å². The molecule has 1 N–H and O–H groups in total. The summed E-state index contributed by atoms with van der Waals surface area (Å²) >= 11 is 5.80. The molecule has 4 heteroatoms. The van der Waals surface area contributed by atoms with E-state index in [9.17, 15) is 0 Å². The van der Waals surface area contributed by atoms with Crippen molar-refractivity contribution in [3.05, 3.63) is 23.5 Å². The molecular formula is C13H19ClN2O. The predicted octanol–water partition coefficient (Wildman–Crippen LogP) is 3.50. The summed E-state index contributed by atoms with van der Waals surface area (Å²) in [4.78, 5) is 3.94. The molecule has 0 spiro atoms. The Kier molecular flexibility index (Phi) is 5.08. The lowest BCUT2D eigenvalue weighted by Gasteiger charge is -2.11. The van der Waals surface area contributed by atoms with Crippen molar-refractivity contribution in [2.75, 3.05) is 18.5 Å². The van der Waals surface area contributed by atoms with Crippen LogP contribution in [0.5, 0.6) is 0 Å². The third-order valence-electron chi connectivity index (χ3n) is 3.03. The summed E-state index contributed by atoms with van der Waals surface area (Å²) in [5.41, 5.74) is 1.02. The molecule has 0 aromatic carbocycles. The molecule has 2 rings (SSSR count). The van der Waals surface area contributed by atoms with Gasteiger partial charge in [-0.25, -0.2) is 4.98 Å². The fraction of sp³-hybridized carbons (Fsp3) is 0.615. The van der Waals surface area contributed by atoms with Gasteiger partial charge in [0.2, 0.25) is 0 Å². The van der Waals surface area contributed by atoms with Crippen LogP contribution in [-0.2, 0) is 4.74 Å². The minimum Gasteiger partial charge on any atom is -0.385 e. The normalized spacial score (nSPS) is 16.3. The maximum absolute atomic E-state index is 5.80. The van der Waals surface area contributed by atoms with Crippen LogP contribution in [0.3, 0.4) is 0 Å². The van der Waals surface area contributed by atoms with E-state index in [0.717, 1.165) is 25.3 Å². The molecule has 1 aliphatic rings. The van der Waals surface area contributed by atoms with Crippen LogP contribution in [0.15, 0.2) is 18.3 Å². The van der Waals surface area contributed by atoms with Crippen molar-refractivity contribution in [3.63, 3.8) is 0 Å². The number of pyridine rings is 1. The minimum atomic E-state index is 0.519. The van der Waals surface area contributed by atoms with Crippen molar-refractivity contribution < 1.29 is 4.74 Å². The van der Waals surface area contributed by atoms with Crippen LogP contribution in [0.4, 0.5) is 5.69 Å². The SMILES string of the molecule is Clc1cc(NCCCOC2CCCC2)ccn1. The van der Waals surface area contributed by atoms with E-state index in [0.29, 0.717) is 11.3 Å². The first-order chi connectivity index (χ1) is 8.34. The van der Waals surface area contributed by atoms with E-state index in [-0.39, 0.29) is 0 Å². The van der Waals surface area contributed by atoms with E-state index in [1.165, 1.54) is 25.7 Å². The average Bonchev–Trinajstić information content (AvgIpc) is 2.82. The maximum atomic E-state index is 5.80. The molecule has 1 aromatic heterocycles. The Morgan fingerprint density at radius 3 is 3.00 bits per heavy atom. The second-order valence-electron chi connectivity index (χ2n) is 4.42. The molecule has 0 saturated heterocycles. The molecule has 0 unspecified atom stereocenters. The van der Waals surface area contributed by atoms with E-state index >= 15 is 0 Å². The number of anilines is 1. The number of hydrogen-bond donors (Lipinski definition) is 1. The van der Waals surface area contributed by atoms with Gasteiger partial charge in [-0.1, -0.05) is 24.4 Å². The summed E-state index contributed by atoms with van der Waals surface area (Å²) < 4.78 is 5.79. The zero-order chi connectivity index (χ0) is 11.9. The molecule has 3 nitrogen and oxygen atoms in total. The highest BCUT2D eigenvalue weighted by atomic mass is 35.5. The Hall–Kier alpha value is -0.800. The molecule has 1 aromatic rings. The second-order valence-corrected chi connectivity index (χ2v) is 4.81. The van der Waals surface area contributed by atoms with Gasteiger partial charge in [-0.2, -0.15) is 0 Å². The van der Waals surface area contributed by atoms with Gasteiger partial charge >= 0.3 is 0 Å². The maximum Gasteiger partial charge on any atom is 0.131 e. The van der Waals surface area contributed by atoms with E-state index in [2.05, 4.69) is 10.3 Å². The predicted molar refractivity (Wildman–Crippen MR) is 70.6 cm³/mol. The summed E-state index contributed by atoms with van der Waals surface area (Å²) in [6.07, 6.45) is 8.40. The highest BCUT2D eigenvalue weighted by Gasteiger charge is 2.14. The molecule has 0 radical (unpaired) electrons. The second kappa shape index (κ2) is 6.82. The smallest absolute Gasteiger partial charge is 0.131 e. The van der Waals surface area contributed by atoms with E-state index in [1.54, 1.807) is 6.20 Å². The zero-order valence-corrected chi connectivity index (χ0v) is 10.7. The summed E-state index contributed by atoms with van der Waals surface area (Å²) in [5, 5.41) is 3.83. The zero-order valence-electron chi connectivity index (χ0n) is 9.99. The van der Waals surface area contributed by atoms with Crippen LogP contribution in [-0.4, -0.2) is 24.2 Å². The fourth-order valence-electron chi connectivity index (χ4n) is 2.12. The molecular weight excluding hydrogens is 236 g/mol. The lowest BCUT2D eigenvalue weighted by Crippen LogP contribution is -2.11. The van der Waals surface area contributed by atoms with Crippen LogP contribution < -0.4 is 5.32 Å². The number of hydrogen-bond acceptors (Lipinski definition) is 3. The van der Waals surface area contributed by atoms with Crippen molar-refractivity contribution >= 4 is 17.3 Å². The Bertz CT molecular complexity index is 340. The van der Waals surface area contributed by atoms with Crippen molar-refractivity contribution in [2.45, 2.75) is 38.2 Å². The standard InChI is InChI=1S/C13H19ClN2O/c14-13-10-11(6-8-16-13)15-7-3-9-17-12-4-1-2-5-12/h6,8,10,12H,1-5,7,9H2,(H,15,16). The number of nitrogens with one attached hydrogen (secondary N) is 1. The Balaban J connectivity index is 1.56. The first-order valence-electron chi connectivity index (χ1n) is 6.31. The summed E-state index contributed by atoms with van der Waals surface area (Å²) in [6, 6.07) is 3.75. The lowest BCUT2D eigenvalue weighted by molar-refractivity contribution is 0.0583. The van der Waals surface area contributed by atoms with Gasteiger partial charge in [-0.15, -0.1) is 0 Å². The number of aromatic nitrogens is 1. The largest absolute Gasteiger partial charge is 0.385 e. The van der Waals surface area contributed by atoms with E-state index in [4.69, 9.17) is 16.3 Å². The molecule has 1 saturated carbocycles. The van der Waals surface area contributed by atoms with Gasteiger partial charge in [0.25, 0.3) is 0 Å². The number of nitrogens with zero attached hydrogens (tertiary/aromatic N) is 1. The molecule has 1 heterocycles. The highest BCUT2D eigenvalue weighted by molar-refractivity contribution is 6.29. The summed E-state index contributed by atoms with van der Waals surface area (Å²) in [7, 11) is 0. The lowest BCUT2D eigenvalue weighted by atomic mass is 10.3. The van der Waals surface area contributed by atoms with Crippen LogP contribution in [0, 0.1) is 0 Å². The third-order valence-corrected chi connectivity index (χ3v) is 3.24. The van der Waals surface area contributed by atoms with Gasteiger partial charge in [0.1, 0.15) is 5.15 Å². The topological polar surface area (TPSA) is 34.1 Å². The molecule has 1 fully saturated rings. The monoisotopic (exact) mass is 254 g/mol. The van der Waals surface area contributed by atoms with Crippen LogP contribution in [0.25, 0.3) is 0 Å². The first kappa shape index (κ1) is 12.7. The van der Waals surface area contributed by atoms with Crippen LogP contribution >= 0.6 is 11.6 Å². The van der Waals surface area contributed by atoms with Crippen LogP contribution in [0.2, 0.25) is 5.15 Å². The Labute approximate surface area is 108 Å². The van der Waals surface area contributed by atoms with Gasteiger partial charge < -0.3 is 10.1 Å². The minimum absolute atomic E-state index is 0.519. The number of halogens is 1. The van der Waals surface area contributed by atoms with Gasteiger partial charge in [0.15, 0.2) is 0 Å². The summed E-state index contributed by atoms with van der Waals surface area (Å²) in [6.45, 7) is 1.75. The molecule has 0 atom stereocenters. The first-order valence-corrected chi connectivity index (χ1v) is 6.69. The molecule has 0 aliphatic heterocycles. The molecule has 1 aliphatic carbocycles. The van der Waals surface area contributed by atoms with Crippen molar-refractivity contribution in [3.8, 4) is 0 Å². The number of ether oxygens (including phenoxy) is 1. The average molecular weight is 255 g/mol. The molecule has 94 valence electrons. The van der Waals surface area contributed by atoms with Gasteiger partial charge in [-0.05, 0) is 31.4 Å². The molecule has 0 amide bonds.